The molecule has 2 heteroatoms. The third-order valence-corrected chi connectivity index (χ3v) is 3.25. The Morgan fingerprint density at radius 3 is 2.35 bits per heavy atom. The first-order chi connectivity index (χ1) is 8.17. The Morgan fingerprint density at radius 1 is 1.18 bits per heavy atom. The molecule has 0 aliphatic rings. The van der Waals surface area contributed by atoms with Crippen molar-refractivity contribution >= 4 is 5.69 Å². The molecule has 2 nitrogen and oxygen atoms in total. The maximum atomic E-state index is 5.96. The largest absolute Gasteiger partial charge is 0.375 e. The van der Waals surface area contributed by atoms with Crippen LogP contribution in [0.15, 0.2) is 24.3 Å². The zero-order valence-electron chi connectivity index (χ0n) is 11.4. The molecule has 0 amide bonds. The van der Waals surface area contributed by atoms with E-state index in [4.69, 9.17) is 5.73 Å². The minimum absolute atomic E-state index is 0.290. The van der Waals surface area contributed by atoms with Gasteiger partial charge in [-0.25, -0.2) is 0 Å². The van der Waals surface area contributed by atoms with Gasteiger partial charge in [-0.15, -0.1) is 0 Å². The molecule has 0 saturated heterocycles. The van der Waals surface area contributed by atoms with Crippen LogP contribution in [0, 0.1) is 0 Å². The summed E-state index contributed by atoms with van der Waals surface area (Å²) in [5.74, 6) is 0. The Hall–Kier alpha value is -1.02. The van der Waals surface area contributed by atoms with Crippen LogP contribution in [-0.4, -0.2) is 19.6 Å². The van der Waals surface area contributed by atoms with Crippen LogP contribution in [-0.2, 0) is 6.42 Å². The SMILES string of the molecule is CCCCN(C)c1ccc(CC(N)CC)cc1. The summed E-state index contributed by atoms with van der Waals surface area (Å²) in [6.07, 6.45) is 4.51. The van der Waals surface area contributed by atoms with Gasteiger partial charge in [-0.1, -0.05) is 32.4 Å². The van der Waals surface area contributed by atoms with Gasteiger partial charge in [-0.05, 0) is 37.0 Å². The molecule has 17 heavy (non-hydrogen) atoms. The molecule has 1 aromatic rings. The third-order valence-electron chi connectivity index (χ3n) is 3.25. The predicted molar refractivity (Wildman–Crippen MR) is 76.6 cm³/mol. The van der Waals surface area contributed by atoms with Crippen LogP contribution in [0.25, 0.3) is 0 Å². The Balaban J connectivity index is 2.54. The van der Waals surface area contributed by atoms with Crippen molar-refractivity contribution in [2.24, 2.45) is 5.73 Å². The number of nitrogens with zero attached hydrogens (tertiary/aromatic N) is 1. The fraction of sp³-hybridized carbons (Fsp3) is 0.600. The van der Waals surface area contributed by atoms with Crippen molar-refractivity contribution in [2.75, 3.05) is 18.5 Å². The van der Waals surface area contributed by atoms with E-state index in [1.807, 2.05) is 0 Å². The molecule has 0 radical (unpaired) electrons. The van der Waals surface area contributed by atoms with E-state index >= 15 is 0 Å². The molecule has 1 atom stereocenters. The second-order valence-corrected chi connectivity index (χ2v) is 4.81. The van der Waals surface area contributed by atoms with Crippen molar-refractivity contribution in [3.05, 3.63) is 29.8 Å². The molecule has 1 aromatic carbocycles. The summed E-state index contributed by atoms with van der Waals surface area (Å²) in [6.45, 7) is 5.49. The smallest absolute Gasteiger partial charge is 0.0363 e. The number of hydrogen-bond acceptors (Lipinski definition) is 2. The summed E-state index contributed by atoms with van der Waals surface area (Å²) in [5, 5.41) is 0. The summed E-state index contributed by atoms with van der Waals surface area (Å²) < 4.78 is 0. The van der Waals surface area contributed by atoms with E-state index < -0.39 is 0 Å². The molecule has 96 valence electrons. The zero-order chi connectivity index (χ0) is 12.7. The van der Waals surface area contributed by atoms with Gasteiger partial charge in [0.15, 0.2) is 0 Å². The van der Waals surface area contributed by atoms with Gasteiger partial charge in [0.05, 0.1) is 0 Å². The standard InChI is InChI=1S/C15H26N2/c1-4-6-11-17(3)15-9-7-13(8-10-15)12-14(16)5-2/h7-10,14H,4-6,11-12,16H2,1-3H3. The van der Waals surface area contributed by atoms with Crippen LogP contribution in [0.4, 0.5) is 5.69 Å². The quantitative estimate of drug-likeness (QED) is 0.785. The monoisotopic (exact) mass is 234 g/mol. The maximum absolute atomic E-state index is 5.96. The Bertz CT molecular complexity index is 305. The van der Waals surface area contributed by atoms with Gasteiger partial charge in [0.1, 0.15) is 0 Å². The summed E-state index contributed by atoms with van der Waals surface area (Å²) in [4.78, 5) is 2.31. The molecule has 0 heterocycles. The van der Waals surface area contributed by atoms with Crippen molar-refractivity contribution in [3.63, 3.8) is 0 Å². The summed E-state index contributed by atoms with van der Waals surface area (Å²) in [6, 6.07) is 9.10. The first-order valence-corrected chi connectivity index (χ1v) is 6.73. The van der Waals surface area contributed by atoms with Gasteiger partial charge in [0.25, 0.3) is 0 Å². The Kier molecular flexibility index (Phi) is 6.06. The number of benzene rings is 1. The second-order valence-electron chi connectivity index (χ2n) is 4.81. The van der Waals surface area contributed by atoms with Gasteiger partial charge in [-0.2, -0.15) is 0 Å². The highest BCUT2D eigenvalue weighted by molar-refractivity contribution is 5.46. The van der Waals surface area contributed by atoms with Crippen molar-refractivity contribution in [3.8, 4) is 0 Å². The maximum Gasteiger partial charge on any atom is 0.0363 e. The van der Waals surface area contributed by atoms with E-state index in [1.54, 1.807) is 0 Å². The van der Waals surface area contributed by atoms with Gasteiger partial charge in [0, 0.05) is 25.3 Å². The average Bonchev–Trinajstić information content (AvgIpc) is 2.36. The Labute approximate surface area is 106 Å². The molecular formula is C15H26N2. The molecule has 0 spiro atoms. The average molecular weight is 234 g/mol. The molecule has 0 aromatic heterocycles. The fourth-order valence-corrected chi connectivity index (χ4v) is 1.86. The topological polar surface area (TPSA) is 29.3 Å². The number of anilines is 1. The fourth-order valence-electron chi connectivity index (χ4n) is 1.86. The van der Waals surface area contributed by atoms with E-state index in [9.17, 15) is 0 Å². The van der Waals surface area contributed by atoms with Gasteiger partial charge < -0.3 is 10.6 Å². The molecule has 0 aliphatic carbocycles. The van der Waals surface area contributed by atoms with Crippen LogP contribution >= 0.6 is 0 Å². The van der Waals surface area contributed by atoms with Crippen LogP contribution in [0.5, 0.6) is 0 Å². The molecule has 1 unspecified atom stereocenters. The molecule has 2 N–H and O–H groups in total. The van der Waals surface area contributed by atoms with E-state index in [0.717, 1.165) is 19.4 Å². The van der Waals surface area contributed by atoms with Gasteiger partial charge >= 0.3 is 0 Å². The van der Waals surface area contributed by atoms with Gasteiger partial charge in [0.2, 0.25) is 0 Å². The van der Waals surface area contributed by atoms with Crippen LogP contribution in [0.1, 0.15) is 38.7 Å². The Morgan fingerprint density at radius 2 is 1.82 bits per heavy atom. The van der Waals surface area contributed by atoms with Gasteiger partial charge in [-0.3, -0.25) is 0 Å². The molecule has 1 rings (SSSR count). The van der Waals surface area contributed by atoms with E-state index in [1.165, 1.54) is 24.1 Å². The minimum Gasteiger partial charge on any atom is -0.375 e. The highest BCUT2D eigenvalue weighted by Gasteiger charge is 2.03. The minimum atomic E-state index is 0.290. The van der Waals surface area contributed by atoms with Crippen LogP contribution in [0.3, 0.4) is 0 Å². The number of hydrogen-bond donors (Lipinski definition) is 1. The summed E-state index contributed by atoms with van der Waals surface area (Å²) in [5.41, 5.74) is 8.60. The molecule has 0 aliphatic heterocycles. The number of rotatable bonds is 7. The summed E-state index contributed by atoms with van der Waals surface area (Å²) in [7, 11) is 2.16. The lowest BCUT2D eigenvalue weighted by atomic mass is 10.0. The number of nitrogens with two attached hydrogens (primary N) is 1. The van der Waals surface area contributed by atoms with Crippen molar-refractivity contribution < 1.29 is 0 Å². The normalized spacial score (nSPS) is 12.5. The van der Waals surface area contributed by atoms with E-state index in [-0.39, 0.29) is 0 Å². The lowest BCUT2D eigenvalue weighted by Gasteiger charge is -2.19. The first kappa shape index (κ1) is 14.0. The highest BCUT2D eigenvalue weighted by Crippen LogP contribution is 2.15. The highest BCUT2D eigenvalue weighted by atomic mass is 15.1. The first-order valence-electron chi connectivity index (χ1n) is 6.73. The molecule has 0 bridgehead atoms. The summed E-state index contributed by atoms with van der Waals surface area (Å²) >= 11 is 0. The van der Waals surface area contributed by atoms with Crippen molar-refractivity contribution in [2.45, 2.75) is 45.6 Å². The lowest BCUT2D eigenvalue weighted by molar-refractivity contribution is 0.646. The van der Waals surface area contributed by atoms with Crippen LogP contribution in [0.2, 0.25) is 0 Å². The molecular weight excluding hydrogens is 208 g/mol. The van der Waals surface area contributed by atoms with Crippen molar-refractivity contribution in [1.82, 2.24) is 0 Å². The zero-order valence-corrected chi connectivity index (χ0v) is 11.4. The van der Waals surface area contributed by atoms with E-state index in [2.05, 4.69) is 50.1 Å². The molecule has 0 saturated carbocycles. The third kappa shape index (κ3) is 4.78. The molecule has 0 fully saturated rings. The lowest BCUT2D eigenvalue weighted by Crippen LogP contribution is -2.21. The second kappa shape index (κ2) is 7.33. The van der Waals surface area contributed by atoms with Crippen LogP contribution < -0.4 is 10.6 Å². The van der Waals surface area contributed by atoms with E-state index in [0.29, 0.717) is 6.04 Å². The van der Waals surface area contributed by atoms with Crippen molar-refractivity contribution in [1.29, 1.82) is 0 Å². The predicted octanol–water partition coefficient (Wildman–Crippen LogP) is 3.20. The number of unbranched alkanes of at least 4 members (excludes halogenated alkanes) is 1.